The van der Waals surface area contributed by atoms with Crippen molar-refractivity contribution in [3.05, 3.63) is 57.5 Å². The Morgan fingerprint density at radius 2 is 1.86 bits per heavy atom. The Hall–Kier alpha value is -2.05. The Morgan fingerprint density at radius 1 is 1.10 bits per heavy atom. The van der Waals surface area contributed by atoms with E-state index in [1.165, 1.54) is 12.1 Å². The van der Waals surface area contributed by atoms with Gasteiger partial charge in [0.2, 0.25) is 0 Å². The molecule has 3 N–H and O–H groups in total. The molecule has 21 heavy (non-hydrogen) atoms. The van der Waals surface area contributed by atoms with E-state index >= 15 is 0 Å². The van der Waals surface area contributed by atoms with Crippen LogP contribution in [0, 0.1) is 0 Å². The normalized spacial score (nSPS) is 10.0. The van der Waals surface area contributed by atoms with Crippen molar-refractivity contribution >= 4 is 50.9 Å². The summed E-state index contributed by atoms with van der Waals surface area (Å²) in [7, 11) is 0. The summed E-state index contributed by atoms with van der Waals surface area (Å²) in [5.41, 5.74) is 0.699. The highest BCUT2D eigenvalue weighted by atomic mass is 79.9. The number of benzene rings is 2. The summed E-state index contributed by atoms with van der Waals surface area (Å²) in [4.78, 5) is 23.0. The smallest absolute Gasteiger partial charge is 0.337 e. The van der Waals surface area contributed by atoms with Crippen LogP contribution in [0.2, 0.25) is 5.02 Å². The number of carbonyl (C=O) groups excluding carboxylic acids is 1. The van der Waals surface area contributed by atoms with Crippen molar-refractivity contribution in [3.63, 3.8) is 0 Å². The lowest BCUT2D eigenvalue weighted by Gasteiger charge is -2.10. The minimum Gasteiger partial charge on any atom is -0.478 e. The molecule has 108 valence electrons. The Morgan fingerprint density at radius 3 is 2.52 bits per heavy atom. The van der Waals surface area contributed by atoms with Gasteiger partial charge in [-0.25, -0.2) is 9.59 Å². The molecule has 2 aromatic rings. The summed E-state index contributed by atoms with van der Waals surface area (Å²) in [6.45, 7) is 0. The van der Waals surface area contributed by atoms with Gasteiger partial charge in [-0.15, -0.1) is 0 Å². The first kappa shape index (κ1) is 15.3. The van der Waals surface area contributed by atoms with Crippen LogP contribution < -0.4 is 10.6 Å². The zero-order valence-corrected chi connectivity index (χ0v) is 12.9. The molecule has 0 aliphatic carbocycles. The molecule has 5 nitrogen and oxygen atoms in total. The second-order valence-electron chi connectivity index (χ2n) is 4.08. The summed E-state index contributed by atoms with van der Waals surface area (Å²) in [6.07, 6.45) is 0. The van der Waals surface area contributed by atoms with E-state index in [2.05, 4.69) is 26.6 Å². The van der Waals surface area contributed by atoms with Crippen molar-refractivity contribution in [1.29, 1.82) is 0 Å². The van der Waals surface area contributed by atoms with E-state index in [1.807, 2.05) is 0 Å². The summed E-state index contributed by atoms with van der Waals surface area (Å²) in [5, 5.41) is 14.7. The van der Waals surface area contributed by atoms with Crippen LogP contribution in [0.3, 0.4) is 0 Å². The first-order valence-corrected chi connectivity index (χ1v) is 6.99. The number of carboxylic acid groups (broad SMARTS) is 1. The highest BCUT2D eigenvalue weighted by Crippen LogP contribution is 2.22. The fraction of sp³-hybridized carbons (Fsp3) is 0. The summed E-state index contributed by atoms with van der Waals surface area (Å²) < 4.78 is 0.612. The molecule has 2 rings (SSSR count). The van der Waals surface area contributed by atoms with Crippen LogP contribution in [0.15, 0.2) is 46.9 Å². The van der Waals surface area contributed by atoms with Gasteiger partial charge < -0.3 is 15.7 Å². The lowest BCUT2D eigenvalue weighted by Crippen LogP contribution is -2.21. The highest BCUT2D eigenvalue weighted by Gasteiger charge is 2.13. The van der Waals surface area contributed by atoms with E-state index in [-0.39, 0.29) is 11.3 Å². The molecule has 0 unspecified atom stereocenters. The molecule has 0 radical (unpaired) electrons. The van der Waals surface area contributed by atoms with Gasteiger partial charge in [0.25, 0.3) is 0 Å². The van der Waals surface area contributed by atoms with Gasteiger partial charge in [0, 0.05) is 15.2 Å². The fourth-order valence-electron chi connectivity index (χ4n) is 1.65. The number of nitrogens with one attached hydrogen (secondary N) is 2. The number of carboxylic acids is 1. The summed E-state index contributed by atoms with van der Waals surface area (Å²) >= 11 is 9.00. The van der Waals surface area contributed by atoms with Crippen molar-refractivity contribution in [3.8, 4) is 0 Å². The molecule has 0 atom stereocenters. The number of carbonyl (C=O) groups is 2. The highest BCUT2D eigenvalue weighted by molar-refractivity contribution is 9.10. The molecule has 0 aliphatic rings. The van der Waals surface area contributed by atoms with E-state index in [0.29, 0.717) is 15.2 Å². The largest absolute Gasteiger partial charge is 0.478 e. The third-order valence-corrected chi connectivity index (χ3v) is 3.27. The third kappa shape index (κ3) is 4.21. The number of aromatic carboxylic acids is 1. The Labute approximate surface area is 134 Å². The van der Waals surface area contributed by atoms with Crippen molar-refractivity contribution in [2.75, 3.05) is 10.6 Å². The molecule has 0 aliphatic heterocycles. The van der Waals surface area contributed by atoms with Gasteiger partial charge in [0.05, 0.1) is 11.3 Å². The average Bonchev–Trinajstić information content (AvgIpc) is 2.40. The lowest BCUT2D eigenvalue weighted by atomic mass is 10.2. The molecule has 2 aromatic carbocycles. The van der Waals surface area contributed by atoms with E-state index in [0.717, 1.165) is 0 Å². The predicted octanol–water partition coefficient (Wildman–Crippen LogP) is 4.44. The number of amides is 2. The number of urea groups is 1. The van der Waals surface area contributed by atoms with Gasteiger partial charge in [-0.1, -0.05) is 33.6 Å². The second kappa shape index (κ2) is 6.60. The molecule has 2 amide bonds. The van der Waals surface area contributed by atoms with Crippen LogP contribution in [0.5, 0.6) is 0 Å². The number of anilines is 2. The quantitative estimate of drug-likeness (QED) is 0.748. The molecule has 0 heterocycles. The van der Waals surface area contributed by atoms with Crippen molar-refractivity contribution in [2.45, 2.75) is 0 Å². The van der Waals surface area contributed by atoms with Gasteiger partial charge in [0.15, 0.2) is 0 Å². The van der Waals surface area contributed by atoms with Crippen LogP contribution in [0.4, 0.5) is 16.2 Å². The van der Waals surface area contributed by atoms with Crippen LogP contribution in [0.1, 0.15) is 10.4 Å². The Bertz CT molecular complexity index is 706. The molecular formula is C14H10BrClN2O3. The fourth-order valence-corrected chi connectivity index (χ4v) is 2.20. The number of hydrogen-bond donors (Lipinski definition) is 3. The third-order valence-electron chi connectivity index (χ3n) is 2.54. The van der Waals surface area contributed by atoms with Gasteiger partial charge in [-0.2, -0.15) is 0 Å². The monoisotopic (exact) mass is 368 g/mol. The standard InChI is InChI=1S/C14H10BrClN2O3/c15-8-4-5-12(11(6-8)13(19)20)18-14(21)17-10-3-1-2-9(16)7-10/h1-7H,(H,19,20)(H2,17,18,21). The second-order valence-corrected chi connectivity index (χ2v) is 5.44. The summed E-state index contributed by atoms with van der Waals surface area (Å²) in [6, 6.07) is 10.6. The molecular weight excluding hydrogens is 360 g/mol. The molecule has 0 saturated heterocycles. The van der Waals surface area contributed by atoms with Gasteiger partial charge in [-0.05, 0) is 36.4 Å². The molecule has 0 bridgehead atoms. The topological polar surface area (TPSA) is 78.4 Å². The van der Waals surface area contributed by atoms with Crippen LogP contribution in [-0.4, -0.2) is 17.1 Å². The van der Waals surface area contributed by atoms with Crippen LogP contribution >= 0.6 is 27.5 Å². The number of halogens is 2. The number of hydrogen-bond acceptors (Lipinski definition) is 2. The zero-order chi connectivity index (χ0) is 15.4. The van der Waals surface area contributed by atoms with Crippen molar-refractivity contribution < 1.29 is 14.7 Å². The Kier molecular flexibility index (Phi) is 4.82. The predicted molar refractivity (Wildman–Crippen MR) is 85.2 cm³/mol. The van der Waals surface area contributed by atoms with E-state index in [9.17, 15) is 9.59 Å². The minimum absolute atomic E-state index is 0.00869. The van der Waals surface area contributed by atoms with E-state index in [4.69, 9.17) is 16.7 Å². The maximum Gasteiger partial charge on any atom is 0.337 e. The first-order chi connectivity index (χ1) is 9.95. The number of rotatable bonds is 3. The summed E-state index contributed by atoms with van der Waals surface area (Å²) in [5.74, 6) is -1.13. The molecule has 7 heteroatoms. The average molecular weight is 370 g/mol. The van der Waals surface area contributed by atoms with E-state index < -0.39 is 12.0 Å². The molecule has 0 aromatic heterocycles. The zero-order valence-electron chi connectivity index (χ0n) is 10.6. The minimum atomic E-state index is -1.13. The Balaban J connectivity index is 2.15. The SMILES string of the molecule is O=C(Nc1cccc(Cl)c1)Nc1ccc(Br)cc1C(=O)O. The lowest BCUT2D eigenvalue weighted by molar-refractivity contribution is 0.0698. The first-order valence-electron chi connectivity index (χ1n) is 5.82. The van der Waals surface area contributed by atoms with Gasteiger partial charge >= 0.3 is 12.0 Å². The van der Waals surface area contributed by atoms with Crippen molar-refractivity contribution in [1.82, 2.24) is 0 Å². The van der Waals surface area contributed by atoms with Gasteiger partial charge in [0.1, 0.15) is 0 Å². The van der Waals surface area contributed by atoms with Gasteiger partial charge in [-0.3, -0.25) is 0 Å². The van der Waals surface area contributed by atoms with Crippen molar-refractivity contribution in [2.24, 2.45) is 0 Å². The molecule has 0 fully saturated rings. The maximum atomic E-state index is 11.9. The molecule has 0 spiro atoms. The molecule has 0 saturated carbocycles. The maximum absolute atomic E-state index is 11.9. The van der Waals surface area contributed by atoms with Crippen LogP contribution in [-0.2, 0) is 0 Å². The van der Waals surface area contributed by atoms with Crippen LogP contribution in [0.25, 0.3) is 0 Å². The van der Waals surface area contributed by atoms with E-state index in [1.54, 1.807) is 30.3 Å².